The molecular weight excluding hydrogens is 343 g/mol. The minimum absolute atomic E-state index is 0.0867. The summed E-state index contributed by atoms with van der Waals surface area (Å²) in [6.45, 7) is 0.0179. The zero-order valence-corrected chi connectivity index (χ0v) is 13.6. The normalized spacial score (nSPS) is 11.4. The number of nitrogens with zero attached hydrogens (tertiary/aromatic N) is 1. The van der Waals surface area contributed by atoms with Crippen LogP contribution in [-0.4, -0.2) is 29.9 Å². The van der Waals surface area contributed by atoms with Crippen molar-refractivity contribution in [3.05, 3.63) is 45.7 Å². The van der Waals surface area contributed by atoms with E-state index in [2.05, 4.69) is 10.3 Å². The predicted molar refractivity (Wildman–Crippen MR) is 83.9 cm³/mol. The third-order valence-electron chi connectivity index (χ3n) is 3.03. The Kier molecular flexibility index (Phi) is 5.79. The average Bonchev–Trinajstić information content (AvgIpc) is 2.93. The average molecular weight is 359 g/mol. The maximum absolute atomic E-state index is 13.1. The number of alkyl halides is 2. The van der Waals surface area contributed by atoms with Crippen LogP contribution in [-0.2, 0) is 6.61 Å². The van der Waals surface area contributed by atoms with Gasteiger partial charge in [-0.2, -0.15) is 0 Å². The van der Waals surface area contributed by atoms with Crippen LogP contribution in [0.15, 0.2) is 24.3 Å². The Labute approximate surface area is 140 Å². The molecular formula is C15H16F3N3O2S. The highest BCUT2D eigenvalue weighted by molar-refractivity contribution is 7.13. The number of nitrogens with one attached hydrogen (secondary N) is 1. The molecule has 1 aromatic heterocycles. The van der Waals surface area contributed by atoms with Gasteiger partial charge in [0.25, 0.3) is 11.8 Å². The number of hydrogen-bond donors (Lipinski definition) is 2. The highest BCUT2D eigenvalue weighted by atomic mass is 32.1. The first-order valence-corrected chi connectivity index (χ1v) is 7.83. The molecule has 1 heterocycles. The largest absolute Gasteiger partial charge is 0.486 e. The fraction of sp³-hybridized carbons (Fsp3) is 0.333. The lowest BCUT2D eigenvalue weighted by molar-refractivity contribution is 0.0119. The fourth-order valence-corrected chi connectivity index (χ4v) is 2.66. The second-order valence-corrected chi connectivity index (χ2v) is 6.09. The van der Waals surface area contributed by atoms with Crippen LogP contribution >= 0.6 is 11.3 Å². The lowest BCUT2D eigenvalue weighted by atomic mass is 10.3. The molecule has 130 valence electrons. The van der Waals surface area contributed by atoms with E-state index in [9.17, 15) is 18.0 Å². The molecule has 0 aliphatic rings. The summed E-state index contributed by atoms with van der Waals surface area (Å²) in [7, 11) is 0. The van der Waals surface area contributed by atoms with Crippen LogP contribution < -0.4 is 15.8 Å². The molecule has 0 fully saturated rings. The third kappa shape index (κ3) is 4.93. The van der Waals surface area contributed by atoms with Crippen molar-refractivity contribution in [2.45, 2.75) is 19.5 Å². The molecule has 0 spiro atoms. The van der Waals surface area contributed by atoms with Gasteiger partial charge in [-0.1, -0.05) is 0 Å². The number of carbonyl (C=O) groups is 1. The molecule has 0 aliphatic carbocycles. The topological polar surface area (TPSA) is 77.2 Å². The van der Waals surface area contributed by atoms with Crippen molar-refractivity contribution in [3.8, 4) is 5.75 Å². The van der Waals surface area contributed by atoms with Crippen molar-refractivity contribution in [1.82, 2.24) is 10.3 Å². The number of aryl methyl sites for hydroxylation is 1. The molecule has 0 radical (unpaired) electrons. The van der Waals surface area contributed by atoms with Gasteiger partial charge in [0.15, 0.2) is 0 Å². The van der Waals surface area contributed by atoms with E-state index >= 15 is 0 Å². The highest BCUT2D eigenvalue weighted by Gasteiger charge is 2.28. The molecule has 0 aliphatic heterocycles. The predicted octanol–water partition coefficient (Wildman–Crippen LogP) is 2.49. The highest BCUT2D eigenvalue weighted by Crippen LogP contribution is 2.21. The second-order valence-electron chi connectivity index (χ2n) is 5.01. The van der Waals surface area contributed by atoms with E-state index in [0.29, 0.717) is 16.5 Å². The number of hydrogen-bond acceptors (Lipinski definition) is 5. The van der Waals surface area contributed by atoms with Crippen LogP contribution in [0.25, 0.3) is 0 Å². The lowest BCUT2D eigenvalue weighted by Gasteiger charge is -2.13. The Bertz CT molecular complexity index is 704. The van der Waals surface area contributed by atoms with Crippen LogP contribution in [0.2, 0.25) is 0 Å². The Balaban J connectivity index is 1.96. The summed E-state index contributed by atoms with van der Waals surface area (Å²) < 4.78 is 44.4. The second kappa shape index (κ2) is 7.63. The molecule has 0 unspecified atom stereocenters. The van der Waals surface area contributed by atoms with Gasteiger partial charge in [-0.3, -0.25) is 4.79 Å². The number of ether oxygens (including phenoxy) is 1. The number of amides is 1. The zero-order chi connectivity index (χ0) is 17.7. The number of rotatable bonds is 7. The fourth-order valence-electron chi connectivity index (χ4n) is 1.76. The molecule has 9 heteroatoms. The summed E-state index contributed by atoms with van der Waals surface area (Å²) in [6, 6.07) is 5.47. The van der Waals surface area contributed by atoms with Crippen molar-refractivity contribution in [3.63, 3.8) is 0 Å². The van der Waals surface area contributed by atoms with Gasteiger partial charge in [0.1, 0.15) is 28.1 Å². The number of nitrogens with two attached hydrogens (primary N) is 1. The molecule has 1 aromatic carbocycles. The maximum Gasteiger partial charge on any atom is 0.277 e. The van der Waals surface area contributed by atoms with Crippen LogP contribution in [0.5, 0.6) is 5.75 Å². The Morgan fingerprint density at radius 1 is 1.38 bits per heavy atom. The molecule has 3 N–H and O–H groups in total. The summed E-state index contributed by atoms with van der Waals surface area (Å²) >= 11 is 1.05. The van der Waals surface area contributed by atoms with E-state index in [4.69, 9.17) is 10.5 Å². The molecule has 0 saturated carbocycles. The van der Waals surface area contributed by atoms with Gasteiger partial charge in [0.2, 0.25) is 0 Å². The first kappa shape index (κ1) is 18.2. The Morgan fingerprint density at radius 2 is 2.04 bits per heavy atom. The summed E-state index contributed by atoms with van der Waals surface area (Å²) in [6.07, 6.45) is 0. The van der Waals surface area contributed by atoms with E-state index in [-0.39, 0.29) is 17.3 Å². The SMILES string of the molecule is Cc1nc(COc2ccc(F)cc2)sc1C(=O)NCC(F)(F)CN. The molecule has 2 aromatic rings. The van der Waals surface area contributed by atoms with Gasteiger partial charge in [-0.15, -0.1) is 11.3 Å². The molecule has 1 amide bonds. The minimum Gasteiger partial charge on any atom is -0.486 e. The summed E-state index contributed by atoms with van der Waals surface area (Å²) in [5.41, 5.74) is 5.34. The number of halogens is 3. The third-order valence-corrected chi connectivity index (χ3v) is 4.16. The van der Waals surface area contributed by atoms with Gasteiger partial charge in [-0.25, -0.2) is 18.2 Å². The first-order valence-electron chi connectivity index (χ1n) is 7.01. The molecule has 2 rings (SSSR count). The molecule has 0 bridgehead atoms. The van der Waals surface area contributed by atoms with Crippen LogP contribution in [0.3, 0.4) is 0 Å². The van der Waals surface area contributed by atoms with Crippen molar-refractivity contribution < 1.29 is 22.7 Å². The molecule has 24 heavy (non-hydrogen) atoms. The zero-order valence-electron chi connectivity index (χ0n) is 12.8. The standard InChI is InChI=1S/C15H16F3N3O2S/c1-9-13(14(22)20-8-15(17,18)7-19)24-12(21-9)6-23-11-4-2-10(16)3-5-11/h2-5H,6-8,19H2,1H3,(H,20,22). The van der Waals surface area contributed by atoms with Crippen LogP contribution in [0.4, 0.5) is 13.2 Å². The molecule has 5 nitrogen and oxygen atoms in total. The minimum atomic E-state index is -3.15. The van der Waals surface area contributed by atoms with Crippen molar-refractivity contribution >= 4 is 17.2 Å². The summed E-state index contributed by atoms with van der Waals surface area (Å²) in [5.74, 6) is -3.70. The summed E-state index contributed by atoms with van der Waals surface area (Å²) in [5, 5.41) is 2.65. The van der Waals surface area contributed by atoms with E-state index in [0.717, 1.165) is 11.3 Å². The van der Waals surface area contributed by atoms with E-state index < -0.39 is 24.9 Å². The van der Waals surface area contributed by atoms with Gasteiger partial charge in [0, 0.05) is 0 Å². The molecule has 0 atom stereocenters. The van der Waals surface area contributed by atoms with Crippen molar-refractivity contribution in [1.29, 1.82) is 0 Å². The molecule has 0 saturated heterocycles. The summed E-state index contributed by atoms with van der Waals surface area (Å²) in [4.78, 5) is 16.4. The number of thiazole rings is 1. The van der Waals surface area contributed by atoms with Crippen molar-refractivity contribution in [2.75, 3.05) is 13.1 Å². The van der Waals surface area contributed by atoms with E-state index in [1.165, 1.54) is 24.3 Å². The number of aromatic nitrogens is 1. The van der Waals surface area contributed by atoms with Gasteiger partial charge >= 0.3 is 0 Å². The van der Waals surface area contributed by atoms with Gasteiger partial charge in [-0.05, 0) is 31.2 Å². The monoisotopic (exact) mass is 359 g/mol. The van der Waals surface area contributed by atoms with Gasteiger partial charge in [0.05, 0.1) is 18.8 Å². The van der Waals surface area contributed by atoms with Gasteiger partial charge < -0.3 is 15.8 Å². The Morgan fingerprint density at radius 3 is 2.67 bits per heavy atom. The number of carbonyl (C=O) groups excluding carboxylic acids is 1. The smallest absolute Gasteiger partial charge is 0.277 e. The van der Waals surface area contributed by atoms with E-state index in [1.54, 1.807) is 6.92 Å². The maximum atomic E-state index is 13.1. The van der Waals surface area contributed by atoms with Crippen LogP contribution in [0, 0.1) is 12.7 Å². The Hall–Kier alpha value is -2.13. The number of benzene rings is 1. The lowest BCUT2D eigenvalue weighted by Crippen LogP contribution is -2.41. The van der Waals surface area contributed by atoms with Crippen molar-refractivity contribution in [2.24, 2.45) is 5.73 Å². The van der Waals surface area contributed by atoms with Crippen LogP contribution in [0.1, 0.15) is 20.4 Å². The van der Waals surface area contributed by atoms with E-state index in [1.807, 2.05) is 0 Å². The first-order chi connectivity index (χ1) is 11.3. The quantitative estimate of drug-likeness (QED) is 0.796.